The van der Waals surface area contributed by atoms with E-state index in [4.69, 9.17) is 8.83 Å². The number of nitrogens with one attached hydrogen (secondary N) is 1. The average molecular weight is 399 g/mol. The highest BCUT2D eigenvalue weighted by atomic mass is 19.4. The first-order chi connectivity index (χ1) is 13.9. The zero-order chi connectivity index (χ0) is 20.4. The van der Waals surface area contributed by atoms with E-state index >= 15 is 0 Å². The molecule has 0 bridgehead atoms. The summed E-state index contributed by atoms with van der Waals surface area (Å²) in [6.07, 6.45) is -2.95. The van der Waals surface area contributed by atoms with Crippen molar-refractivity contribution >= 4 is 11.9 Å². The first-order valence-electron chi connectivity index (χ1n) is 8.36. The van der Waals surface area contributed by atoms with Crippen LogP contribution in [0.2, 0.25) is 0 Å². The minimum Gasteiger partial charge on any atom is -0.459 e. The second-order valence-corrected chi connectivity index (χ2v) is 6.00. The van der Waals surface area contributed by atoms with Crippen molar-refractivity contribution in [3.8, 4) is 22.8 Å². The molecule has 1 amide bonds. The number of hydrogen-bond acceptors (Lipinski definition) is 5. The summed E-state index contributed by atoms with van der Waals surface area (Å²) < 4.78 is 48.6. The largest absolute Gasteiger partial charge is 0.459 e. The molecule has 0 fully saturated rings. The van der Waals surface area contributed by atoms with Gasteiger partial charge in [0.1, 0.15) is 0 Å². The molecule has 1 N–H and O–H groups in total. The molecule has 0 saturated carbocycles. The van der Waals surface area contributed by atoms with E-state index in [9.17, 15) is 18.0 Å². The molecule has 6 nitrogen and oxygen atoms in total. The lowest BCUT2D eigenvalue weighted by Gasteiger charge is -2.08. The van der Waals surface area contributed by atoms with Crippen LogP contribution in [-0.2, 0) is 6.18 Å². The van der Waals surface area contributed by atoms with Crippen LogP contribution in [0.5, 0.6) is 0 Å². The number of furan rings is 1. The third kappa shape index (κ3) is 4.03. The molecule has 29 heavy (non-hydrogen) atoms. The van der Waals surface area contributed by atoms with Crippen LogP contribution in [0.3, 0.4) is 0 Å². The molecule has 9 heteroatoms. The topological polar surface area (TPSA) is 81.2 Å². The maximum Gasteiger partial charge on any atom is 0.416 e. The van der Waals surface area contributed by atoms with Gasteiger partial charge >= 0.3 is 12.2 Å². The highest BCUT2D eigenvalue weighted by Gasteiger charge is 2.30. The maximum absolute atomic E-state index is 12.7. The van der Waals surface area contributed by atoms with E-state index in [2.05, 4.69) is 15.5 Å². The molecule has 0 atom stereocenters. The number of rotatable bonds is 4. The summed E-state index contributed by atoms with van der Waals surface area (Å²) in [7, 11) is 0. The average Bonchev–Trinajstić information content (AvgIpc) is 3.39. The number of hydrogen-bond donors (Lipinski definition) is 1. The number of carbonyl (C=O) groups excluding carboxylic acids is 1. The van der Waals surface area contributed by atoms with E-state index in [1.54, 1.807) is 36.4 Å². The predicted molar refractivity (Wildman–Crippen MR) is 96.8 cm³/mol. The van der Waals surface area contributed by atoms with Crippen molar-refractivity contribution in [3.63, 3.8) is 0 Å². The summed E-state index contributed by atoms with van der Waals surface area (Å²) in [6, 6.07) is 14.3. The number of anilines is 1. The van der Waals surface area contributed by atoms with Crippen LogP contribution in [0.25, 0.3) is 22.8 Å². The van der Waals surface area contributed by atoms with Gasteiger partial charge in [-0.15, -0.1) is 5.10 Å². The third-order valence-electron chi connectivity index (χ3n) is 4.05. The van der Waals surface area contributed by atoms with Crippen molar-refractivity contribution in [3.05, 3.63) is 78.1 Å². The van der Waals surface area contributed by atoms with E-state index < -0.39 is 17.6 Å². The summed E-state index contributed by atoms with van der Waals surface area (Å²) >= 11 is 0. The van der Waals surface area contributed by atoms with E-state index in [1.165, 1.54) is 18.4 Å². The molecule has 0 unspecified atom stereocenters. The van der Waals surface area contributed by atoms with Gasteiger partial charge in [0.25, 0.3) is 11.8 Å². The van der Waals surface area contributed by atoms with Gasteiger partial charge < -0.3 is 8.83 Å². The fraction of sp³-hybridized carbons (Fsp3) is 0.0500. The molecule has 0 saturated heterocycles. The Hall–Kier alpha value is -3.88. The Kier molecular flexibility index (Phi) is 4.63. The zero-order valence-electron chi connectivity index (χ0n) is 14.6. The van der Waals surface area contributed by atoms with Gasteiger partial charge in [-0.1, -0.05) is 29.4 Å². The summed E-state index contributed by atoms with van der Waals surface area (Å²) in [5, 5.41) is 10.00. The van der Waals surface area contributed by atoms with Gasteiger partial charge in [-0.25, -0.2) is 0 Å². The highest BCUT2D eigenvalue weighted by molar-refractivity contribution is 6.03. The second kappa shape index (κ2) is 7.27. The monoisotopic (exact) mass is 399 g/mol. The maximum atomic E-state index is 12.7. The fourth-order valence-electron chi connectivity index (χ4n) is 2.63. The normalized spacial score (nSPS) is 11.4. The Morgan fingerprint density at radius 3 is 2.41 bits per heavy atom. The molecule has 2 aromatic carbocycles. The molecule has 2 heterocycles. The predicted octanol–water partition coefficient (Wildman–Crippen LogP) is 5.27. The van der Waals surface area contributed by atoms with E-state index in [1.807, 2.05) is 0 Å². The Bertz CT molecular complexity index is 1130. The summed E-state index contributed by atoms with van der Waals surface area (Å²) in [6.45, 7) is 0. The Morgan fingerprint density at radius 2 is 1.72 bits per heavy atom. The van der Waals surface area contributed by atoms with Crippen LogP contribution < -0.4 is 5.32 Å². The van der Waals surface area contributed by atoms with Gasteiger partial charge in [0.15, 0.2) is 5.76 Å². The molecule has 4 rings (SSSR count). The third-order valence-corrected chi connectivity index (χ3v) is 4.05. The number of carbonyl (C=O) groups is 1. The van der Waals surface area contributed by atoms with Gasteiger partial charge in [0.2, 0.25) is 0 Å². The molecule has 2 aromatic heterocycles. The van der Waals surface area contributed by atoms with Crippen molar-refractivity contribution in [2.75, 3.05) is 5.32 Å². The Balaban J connectivity index is 1.52. The van der Waals surface area contributed by atoms with Gasteiger partial charge in [-0.05, 0) is 47.5 Å². The zero-order valence-corrected chi connectivity index (χ0v) is 14.6. The number of amides is 1. The molecular formula is C20H12F3N3O3. The van der Waals surface area contributed by atoms with Crippen LogP contribution in [0.1, 0.15) is 15.9 Å². The number of benzene rings is 2. The second-order valence-electron chi connectivity index (χ2n) is 6.00. The summed E-state index contributed by atoms with van der Waals surface area (Å²) in [5.74, 6) is -0.0282. The Morgan fingerprint density at radius 1 is 0.931 bits per heavy atom. The van der Waals surface area contributed by atoms with Crippen LogP contribution in [0.4, 0.5) is 19.2 Å². The van der Waals surface area contributed by atoms with Gasteiger partial charge in [0.05, 0.1) is 11.8 Å². The van der Waals surface area contributed by atoms with Crippen LogP contribution >= 0.6 is 0 Å². The van der Waals surface area contributed by atoms with Crippen molar-refractivity contribution < 1.29 is 26.8 Å². The lowest BCUT2D eigenvalue weighted by Crippen LogP contribution is -2.12. The van der Waals surface area contributed by atoms with Gasteiger partial charge in [-0.2, -0.15) is 13.2 Å². The molecule has 0 spiro atoms. The fourth-order valence-corrected chi connectivity index (χ4v) is 2.63. The smallest absolute Gasteiger partial charge is 0.416 e. The first-order valence-corrected chi connectivity index (χ1v) is 8.36. The highest BCUT2D eigenvalue weighted by Crippen LogP contribution is 2.31. The lowest BCUT2D eigenvalue weighted by molar-refractivity contribution is -0.137. The van der Waals surface area contributed by atoms with Crippen LogP contribution in [0.15, 0.2) is 75.8 Å². The molecule has 0 aliphatic rings. The summed E-state index contributed by atoms with van der Waals surface area (Å²) in [4.78, 5) is 12.5. The minimum absolute atomic E-state index is 0.110. The van der Waals surface area contributed by atoms with Crippen LogP contribution in [-0.4, -0.2) is 16.1 Å². The van der Waals surface area contributed by atoms with Crippen molar-refractivity contribution in [1.82, 2.24) is 10.2 Å². The van der Waals surface area contributed by atoms with Crippen molar-refractivity contribution in [2.24, 2.45) is 0 Å². The lowest BCUT2D eigenvalue weighted by atomic mass is 10.0. The van der Waals surface area contributed by atoms with Gasteiger partial charge in [-0.3, -0.25) is 10.1 Å². The summed E-state index contributed by atoms with van der Waals surface area (Å²) in [5.41, 5.74) is 0.678. The molecule has 146 valence electrons. The van der Waals surface area contributed by atoms with Crippen LogP contribution in [0, 0.1) is 0 Å². The standard InChI is InChI=1S/C20H12F3N3O3/c21-20(22,23)15-8-6-12(7-9-15)13-3-1-4-14(11-13)17(27)24-19-26-25-18(29-19)16-5-2-10-28-16/h1-11H,(H,24,26,27). The number of halogens is 3. The first kappa shape index (κ1) is 18.5. The van der Waals surface area contributed by atoms with Crippen molar-refractivity contribution in [2.45, 2.75) is 6.18 Å². The van der Waals surface area contributed by atoms with E-state index in [0.29, 0.717) is 16.9 Å². The quantitative estimate of drug-likeness (QED) is 0.506. The number of nitrogens with zero attached hydrogens (tertiary/aromatic N) is 2. The SMILES string of the molecule is O=C(Nc1nnc(-c2ccco2)o1)c1cccc(-c2ccc(C(F)(F)F)cc2)c1. The molecule has 0 aliphatic carbocycles. The van der Waals surface area contributed by atoms with E-state index in [-0.39, 0.29) is 17.5 Å². The molecular weight excluding hydrogens is 387 g/mol. The minimum atomic E-state index is -4.40. The number of alkyl halides is 3. The Labute approximate surface area is 162 Å². The molecule has 4 aromatic rings. The van der Waals surface area contributed by atoms with E-state index in [0.717, 1.165) is 12.1 Å². The molecule has 0 aliphatic heterocycles. The van der Waals surface area contributed by atoms with Gasteiger partial charge in [0, 0.05) is 5.56 Å². The number of aromatic nitrogens is 2. The molecule has 0 radical (unpaired) electrons. The van der Waals surface area contributed by atoms with Crippen molar-refractivity contribution in [1.29, 1.82) is 0 Å².